The number of Topliss-reactive ketones (excluding diaryl/α,β-unsaturated/α-hetero) is 1. The van der Waals surface area contributed by atoms with E-state index in [4.69, 9.17) is 11.5 Å². The van der Waals surface area contributed by atoms with Gasteiger partial charge in [0.15, 0.2) is 5.78 Å². The normalized spacial score (nSPS) is 26.0. The van der Waals surface area contributed by atoms with Gasteiger partial charge in [0.1, 0.15) is 0 Å². The summed E-state index contributed by atoms with van der Waals surface area (Å²) in [6.07, 6.45) is 15.7. The van der Waals surface area contributed by atoms with Crippen LogP contribution in [0.25, 0.3) is 0 Å². The zero-order valence-electron chi connectivity index (χ0n) is 14.0. The van der Waals surface area contributed by atoms with Crippen molar-refractivity contribution in [2.45, 2.75) is 108 Å². The summed E-state index contributed by atoms with van der Waals surface area (Å²) in [4.78, 5) is 12.3. The van der Waals surface area contributed by atoms with Crippen molar-refractivity contribution in [3.05, 3.63) is 0 Å². The van der Waals surface area contributed by atoms with Crippen LogP contribution in [0.4, 0.5) is 0 Å². The van der Waals surface area contributed by atoms with Gasteiger partial charge in [0.05, 0.1) is 5.54 Å². The molecule has 124 valence electrons. The fourth-order valence-corrected chi connectivity index (χ4v) is 3.45. The molecule has 3 heteroatoms. The zero-order valence-corrected chi connectivity index (χ0v) is 14.0. The number of hydrogen-bond acceptors (Lipinski definition) is 3. The number of nitrogens with two attached hydrogens (primary N) is 2. The highest BCUT2D eigenvalue weighted by molar-refractivity contribution is 5.88. The van der Waals surface area contributed by atoms with Crippen LogP contribution in [0.3, 0.4) is 0 Å². The molecule has 1 fully saturated rings. The van der Waals surface area contributed by atoms with Crippen molar-refractivity contribution in [1.82, 2.24) is 0 Å². The largest absolute Gasteiger partial charge is 0.328 e. The Bertz CT molecular complexity index is 293. The molecular formula is C18H36N2O. The van der Waals surface area contributed by atoms with Gasteiger partial charge in [-0.1, -0.05) is 58.3 Å². The van der Waals surface area contributed by atoms with E-state index in [0.717, 1.165) is 25.7 Å². The first-order valence-electron chi connectivity index (χ1n) is 9.16. The van der Waals surface area contributed by atoms with Gasteiger partial charge in [0.25, 0.3) is 0 Å². The fraction of sp³-hybridized carbons (Fsp3) is 0.944. The Balaban J connectivity index is 2.03. The monoisotopic (exact) mass is 296 g/mol. The van der Waals surface area contributed by atoms with Gasteiger partial charge in [0, 0.05) is 12.5 Å². The summed E-state index contributed by atoms with van der Waals surface area (Å²) in [5, 5.41) is 0. The van der Waals surface area contributed by atoms with Crippen molar-refractivity contribution < 1.29 is 4.79 Å². The molecule has 2 unspecified atom stereocenters. The van der Waals surface area contributed by atoms with Crippen LogP contribution in [0.5, 0.6) is 0 Å². The van der Waals surface area contributed by atoms with E-state index in [0.29, 0.717) is 12.8 Å². The first kappa shape index (κ1) is 18.6. The molecule has 0 aromatic rings. The Kier molecular flexibility index (Phi) is 9.18. The standard InChI is InChI=1S/C18H36N2O/c1-2-3-4-5-6-7-8-9-10-13-17(21)18(20)14-11-12-16(19)15-18/h16H,2-15,19-20H2,1H3. The molecule has 0 bridgehead atoms. The maximum Gasteiger partial charge on any atom is 0.152 e. The topological polar surface area (TPSA) is 69.1 Å². The van der Waals surface area contributed by atoms with Crippen molar-refractivity contribution in [1.29, 1.82) is 0 Å². The summed E-state index contributed by atoms with van der Waals surface area (Å²) in [7, 11) is 0. The van der Waals surface area contributed by atoms with Crippen molar-refractivity contribution >= 4 is 5.78 Å². The van der Waals surface area contributed by atoms with Gasteiger partial charge >= 0.3 is 0 Å². The van der Waals surface area contributed by atoms with Crippen LogP contribution in [-0.2, 0) is 4.79 Å². The summed E-state index contributed by atoms with van der Waals surface area (Å²) in [5.41, 5.74) is 11.6. The zero-order chi connectivity index (χ0) is 15.6. The maximum absolute atomic E-state index is 12.3. The van der Waals surface area contributed by atoms with E-state index in [1.54, 1.807) is 0 Å². The predicted octanol–water partition coefficient (Wildman–Crippen LogP) is 4.08. The van der Waals surface area contributed by atoms with Gasteiger partial charge in [0.2, 0.25) is 0 Å². The second kappa shape index (κ2) is 10.3. The quantitative estimate of drug-likeness (QED) is 0.565. The molecule has 0 radical (unpaired) electrons. The minimum Gasteiger partial charge on any atom is -0.328 e. The molecule has 1 aliphatic carbocycles. The summed E-state index contributed by atoms with van der Waals surface area (Å²) in [5.74, 6) is 0.251. The number of carbonyl (C=O) groups excluding carboxylic acids is 1. The van der Waals surface area contributed by atoms with Crippen LogP contribution in [-0.4, -0.2) is 17.4 Å². The molecule has 0 heterocycles. The van der Waals surface area contributed by atoms with Crippen molar-refractivity contribution in [3.63, 3.8) is 0 Å². The average molecular weight is 296 g/mol. The second-order valence-electron chi connectivity index (χ2n) is 7.01. The Hall–Kier alpha value is -0.410. The van der Waals surface area contributed by atoms with Crippen molar-refractivity contribution in [3.8, 4) is 0 Å². The molecule has 0 aliphatic heterocycles. The van der Waals surface area contributed by atoms with Gasteiger partial charge in [-0.25, -0.2) is 0 Å². The molecule has 2 atom stereocenters. The fourth-order valence-electron chi connectivity index (χ4n) is 3.45. The Morgan fingerprint density at radius 2 is 1.62 bits per heavy atom. The third-order valence-corrected chi connectivity index (χ3v) is 4.89. The van der Waals surface area contributed by atoms with Gasteiger partial charge in [-0.3, -0.25) is 4.79 Å². The molecule has 0 saturated heterocycles. The molecule has 0 spiro atoms. The van der Waals surface area contributed by atoms with E-state index in [9.17, 15) is 4.79 Å². The number of ketones is 1. The number of rotatable bonds is 11. The molecule has 0 aromatic carbocycles. The highest BCUT2D eigenvalue weighted by Gasteiger charge is 2.37. The van der Waals surface area contributed by atoms with Gasteiger partial charge in [-0.05, 0) is 32.1 Å². The summed E-state index contributed by atoms with van der Waals surface area (Å²) in [6.45, 7) is 2.25. The molecule has 4 N–H and O–H groups in total. The highest BCUT2D eigenvalue weighted by Crippen LogP contribution is 2.27. The molecule has 21 heavy (non-hydrogen) atoms. The molecule has 3 nitrogen and oxygen atoms in total. The summed E-state index contributed by atoms with van der Waals surface area (Å²) in [6, 6.07) is 0.121. The highest BCUT2D eigenvalue weighted by atomic mass is 16.1. The number of carbonyl (C=O) groups is 1. The predicted molar refractivity (Wildman–Crippen MR) is 90.2 cm³/mol. The SMILES string of the molecule is CCCCCCCCCCCC(=O)C1(N)CCCC(N)C1. The Morgan fingerprint density at radius 3 is 2.19 bits per heavy atom. The lowest BCUT2D eigenvalue weighted by molar-refractivity contribution is -0.125. The maximum atomic E-state index is 12.3. The van der Waals surface area contributed by atoms with Crippen LogP contribution in [0.1, 0.15) is 96.8 Å². The smallest absolute Gasteiger partial charge is 0.152 e. The first-order valence-corrected chi connectivity index (χ1v) is 9.16. The van der Waals surface area contributed by atoms with E-state index in [-0.39, 0.29) is 11.8 Å². The molecule has 1 saturated carbocycles. The molecule has 1 rings (SSSR count). The summed E-state index contributed by atoms with van der Waals surface area (Å²) < 4.78 is 0. The number of unbranched alkanes of at least 4 members (excludes halogenated alkanes) is 8. The number of hydrogen-bond donors (Lipinski definition) is 2. The van der Waals surface area contributed by atoms with Crippen LogP contribution < -0.4 is 11.5 Å². The van der Waals surface area contributed by atoms with E-state index in [2.05, 4.69) is 6.92 Å². The van der Waals surface area contributed by atoms with Crippen LogP contribution in [0.2, 0.25) is 0 Å². The van der Waals surface area contributed by atoms with Crippen LogP contribution in [0, 0.1) is 0 Å². The van der Waals surface area contributed by atoms with E-state index >= 15 is 0 Å². The third kappa shape index (κ3) is 7.42. The molecule has 0 amide bonds. The lowest BCUT2D eigenvalue weighted by Crippen LogP contribution is -2.54. The molecule has 0 aromatic heterocycles. The second-order valence-corrected chi connectivity index (χ2v) is 7.01. The van der Waals surface area contributed by atoms with E-state index < -0.39 is 5.54 Å². The Labute approximate surface area is 131 Å². The van der Waals surface area contributed by atoms with E-state index in [1.165, 1.54) is 51.4 Å². The molecule has 1 aliphatic rings. The van der Waals surface area contributed by atoms with Crippen LogP contribution >= 0.6 is 0 Å². The Morgan fingerprint density at radius 1 is 1.05 bits per heavy atom. The third-order valence-electron chi connectivity index (χ3n) is 4.89. The van der Waals surface area contributed by atoms with Gasteiger partial charge in [-0.15, -0.1) is 0 Å². The van der Waals surface area contributed by atoms with E-state index in [1.807, 2.05) is 0 Å². The molecular weight excluding hydrogens is 260 g/mol. The lowest BCUT2D eigenvalue weighted by Gasteiger charge is -2.35. The minimum absolute atomic E-state index is 0.121. The summed E-state index contributed by atoms with van der Waals surface area (Å²) >= 11 is 0. The van der Waals surface area contributed by atoms with Gasteiger partial charge in [-0.2, -0.15) is 0 Å². The van der Waals surface area contributed by atoms with Crippen molar-refractivity contribution in [2.75, 3.05) is 0 Å². The van der Waals surface area contributed by atoms with Gasteiger partial charge < -0.3 is 11.5 Å². The van der Waals surface area contributed by atoms with Crippen LogP contribution in [0.15, 0.2) is 0 Å². The first-order chi connectivity index (χ1) is 10.1. The lowest BCUT2D eigenvalue weighted by atomic mass is 9.76. The minimum atomic E-state index is -0.613. The average Bonchev–Trinajstić information content (AvgIpc) is 2.45. The van der Waals surface area contributed by atoms with Crippen molar-refractivity contribution in [2.24, 2.45) is 11.5 Å².